The van der Waals surface area contributed by atoms with Crippen LogP contribution in [0.5, 0.6) is 5.75 Å². The first-order valence-electron chi connectivity index (χ1n) is 7.22. The molecular formula is C15H15F3N2O5. The van der Waals surface area contributed by atoms with Crippen LogP contribution in [0.25, 0.3) is 0 Å². The molecule has 0 radical (unpaired) electrons. The largest absolute Gasteiger partial charge is 0.484 e. The summed E-state index contributed by atoms with van der Waals surface area (Å²) in [7, 11) is 1.21. The number of nitrogens with one attached hydrogen (secondary N) is 1. The number of esters is 1. The van der Waals surface area contributed by atoms with E-state index in [1.807, 2.05) is 0 Å². The second kappa shape index (κ2) is 7.41. The number of nitrogens with zero attached hydrogens (tertiary/aromatic N) is 1. The van der Waals surface area contributed by atoms with E-state index in [4.69, 9.17) is 0 Å². The van der Waals surface area contributed by atoms with Crippen LogP contribution in [-0.4, -0.2) is 43.8 Å². The lowest BCUT2D eigenvalue weighted by Crippen LogP contribution is -2.31. The molecule has 7 nitrogen and oxygen atoms in total. The minimum Gasteiger partial charge on any atom is -0.484 e. The number of alkyl halides is 3. The van der Waals surface area contributed by atoms with Crippen LogP contribution in [0, 0.1) is 0 Å². The third-order valence-electron chi connectivity index (χ3n) is 3.38. The molecule has 1 aromatic rings. The number of benzene rings is 1. The number of hydrogen-bond donors (Lipinski definition) is 1. The summed E-state index contributed by atoms with van der Waals surface area (Å²) < 4.78 is 45.3. The van der Waals surface area contributed by atoms with Gasteiger partial charge in [0.2, 0.25) is 0 Å². The van der Waals surface area contributed by atoms with Crippen LogP contribution in [-0.2, 0) is 14.3 Å². The summed E-state index contributed by atoms with van der Waals surface area (Å²) in [6, 6.07) is 3.50. The molecule has 25 heavy (non-hydrogen) atoms. The SMILES string of the molecule is COC(=O)CC[C@H]1NC(=O)N(c2ccc(OCC(F)(F)F)cc2)C1=O. The monoisotopic (exact) mass is 360 g/mol. The first-order valence-corrected chi connectivity index (χ1v) is 7.22. The van der Waals surface area contributed by atoms with Gasteiger partial charge < -0.3 is 14.8 Å². The van der Waals surface area contributed by atoms with Gasteiger partial charge in [0.15, 0.2) is 6.61 Å². The number of halogens is 3. The van der Waals surface area contributed by atoms with Crippen molar-refractivity contribution in [2.75, 3.05) is 18.6 Å². The maximum Gasteiger partial charge on any atom is 0.422 e. The molecule has 0 bridgehead atoms. The summed E-state index contributed by atoms with van der Waals surface area (Å²) in [6.07, 6.45) is -4.41. The van der Waals surface area contributed by atoms with Gasteiger partial charge >= 0.3 is 18.2 Å². The van der Waals surface area contributed by atoms with Gasteiger partial charge in [-0.2, -0.15) is 13.2 Å². The Bertz CT molecular complexity index is 660. The van der Waals surface area contributed by atoms with Crippen LogP contribution in [0.2, 0.25) is 0 Å². The van der Waals surface area contributed by atoms with E-state index in [0.29, 0.717) is 0 Å². The van der Waals surface area contributed by atoms with Crippen LogP contribution in [0.4, 0.5) is 23.7 Å². The highest BCUT2D eigenvalue weighted by atomic mass is 19.4. The fourth-order valence-corrected chi connectivity index (χ4v) is 2.19. The van der Waals surface area contributed by atoms with Crippen LogP contribution >= 0.6 is 0 Å². The fraction of sp³-hybridized carbons (Fsp3) is 0.400. The van der Waals surface area contributed by atoms with Crippen molar-refractivity contribution < 1.29 is 37.0 Å². The van der Waals surface area contributed by atoms with Gasteiger partial charge in [-0.15, -0.1) is 0 Å². The molecule has 136 valence electrons. The van der Waals surface area contributed by atoms with Crippen molar-refractivity contribution in [3.63, 3.8) is 0 Å². The van der Waals surface area contributed by atoms with Crippen molar-refractivity contribution in [3.05, 3.63) is 24.3 Å². The van der Waals surface area contributed by atoms with Gasteiger partial charge in [0, 0.05) is 6.42 Å². The van der Waals surface area contributed by atoms with Crippen molar-refractivity contribution in [1.29, 1.82) is 0 Å². The molecule has 0 spiro atoms. The predicted octanol–water partition coefficient (Wildman–Crippen LogP) is 2.01. The normalized spacial score (nSPS) is 17.4. The maximum absolute atomic E-state index is 12.3. The van der Waals surface area contributed by atoms with Gasteiger partial charge in [0.05, 0.1) is 12.8 Å². The van der Waals surface area contributed by atoms with Crippen molar-refractivity contribution in [2.45, 2.75) is 25.1 Å². The standard InChI is InChI=1S/C15H15F3N2O5/c1-24-12(21)7-6-11-13(22)20(14(23)19-11)9-2-4-10(5-3-9)25-8-15(16,17)18/h2-5,11H,6-8H2,1H3,(H,19,23)/t11-/m1/s1. The Morgan fingerprint density at radius 2 is 1.88 bits per heavy atom. The molecule has 3 amide bonds. The highest BCUT2D eigenvalue weighted by Crippen LogP contribution is 2.25. The van der Waals surface area contributed by atoms with E-state index in [1.165, 1.54) is 31.4 Å². The number of amides is 3. The summed E-state index contributed by atoms with van der Waals surface area (Å²) in [6.45, 7) is -1.44. The van der Waals surface area contributed by atoms with Gasteiger partial charge in [-0.05, 0) is 30.7 Å². The van der Waals surface area contributed by atoms with Crippen LogP contribution in [0.1, 0.15) is 12.8 Å². The van der Waals surface area contributed by atoms with Crippen LogP contribution < -0.4 is 15.0 Å². The molecule has 0 saturated carbocycles. The lowest BCUT2D eigenvalue weighted by molar-refractivity contribution is -0.153. The Kier molecular flexibility index (Phi) is 5.50. The van der Waals surface area contributed by atoms with E-state index >= 15 is 0 Å². The van der Waals surface area contributed by atoms with E-state index in [2.05, 4.69) is 14.8 Å². The van der Waals surface area contributed by atoms with E-state index in [9.17, 15) is 27.6 Å². The zero-order valence-electron chi connectivity index (χ0n) is 13.1. The average Bonchev–Trinajstić information content (AvgIpc) is 2.84. The number of carbonyl (C=O) groups is 3. The minimum absolute atomic E-state index is 0.0365. The topological polar surface area (TPSA) is 84.9 Å². The molecule has 1 aromatic carbocycles. The Morgan fingerprint density at radius 3 is 2.44 bits per heavy atom. The lowest BCUT2D eigenvalue weighted by Gasteiger charge is -2.14. The second-order valence-corrected chi connectivity index (χ2v) is 5.19. The van der Waals surface area contributed by atoms with Crippen LogP contribution in [0.3, 0.4) is 0 Å². The van der Waals surface area contributed by atoms with Gasteiger partial charge in [-0.3, -0.25) is 9.59 Å². The molecule has 0 aliphatic carbocycles. The van der Waals surface area contributed by atoms with Gasteiger partial charge in [0.25, 0.3) is 5.91 Å². The summed E-state index contributed by atoms with van der Waals surface area (Å²) >= 11 is 0. The average molecular weight is 360 g/mol. The van der Waals surface area contributed by atoms with E-state index in [0.717, 1.165) is 4.90 Å². The van der Waals surface area contributed by atoms with Gasteiger partial charge in [0.1, 0.15) is 11.8 Å². The Labute approximate surface area is 140 Å². The molecule has 10 heteroatoms. The zero-order valence-corrected chi connectivity index (χ0v) is 13.1. The first kappa shape index (κ1) is 18.6. The van der Waals surface area contributed by atoms with E-state index in [1.54, 1.807) is 0 Å². The number of anilines is 1. The number of imide groups is 1. The van der Waals surface area contributed by atoms with Crippen LogP contribution in [0.15, 0.2) is 24.3 Å². The smallest absolute Gasteiger partial charge is 0.422 e. The number of carbonyl (C=O) groups excluding carboxylic acids is 3. The number of rotatable bonds is 6. The molecule has 1 N–H and O–H groups in total. The maximum atomic E-state index is 12.3. The summed E-state index contributed by atoms with van der Waals surface area (Å²) in [5.74, 6) is -1.11. The Hall–Kier alpha value is -2.78. The summed E-state index contributed by atoms with van der Waals surface area (Å²) in [4.78, 5) is 36.2. The zero-order chi connectivity index (χ0) is 18.6. The highest BCUT2D eigenvalue weighted by Gasteiger charge is 2.39. The molecule has 1 heterocycles. The molecule has 1 aliphatic rings. The van der Waals surface area contributed by atoms with E-state index < -0.39 is 36.7 Å². The highest BCUT2D eigenvalue weighted by molar-refractivity contribution is 6.21. The molecule has 1 aliphatic heterocycles. The third kappa shape index (κ3) is 4.85. The van der Waals surface area contributed by atoms with Crippen molar-refractivity contribution in [3.8, 4) is 5.75 Å². The first-order chi connectivity index (χ1) is 11.7. The molecule has 0 aromatic heterocycles. The molecular weight excluding hydrogens is 345 g/mol. The summed E-state index contributed by atoms with van der Waals surface area (Å²) in [5.41, 5.74) is 0.183. The Morgan fingerprint density at radius 1 is 1.24 bits per heavy atom. The van der Waals surface area contributed by atoms with Gasteiger partial charge in [-0.25, -0.2) is 9.69 Å². The quantitative estimate of drug-likeness (QED) is 0.620. The lowest BCUT2D eigenvalue weighted by atomic mass is 10.1. The molecule has 1 fully saturated rings. The van der Waals surface area contributed by atoms with Crippen molar-refractivity contribution in [2.24, 2.45) is 0 Å². The fourth-order valence-electron chi connectivity index (χ4n) is 2.19. The molecule has 1 atom stereocenters. The molecule has 2 rings (SSSR count). The predicted molar refractivity (Wildman–Crippen MR) is 79.0 cm³/mol. The van der Waals surface area contributed by atoms with Crippen molar-refractivity contribution >= 4 is 23.6 Å². The number of methoxy groups -OCH3 is 1. The van der Waals surface area contributed by atoms with E-state index in [-0.39, 0.29) is 24.3 Å². The number of ether oxygens (including phenoxy) is 2. The second-order valence-electron chi connectivity index (χ2n) is 5.19. The molecule has 1 saturated heterocycles. The number of urea groups is 1. The molecule has 0 unspecified atom stereocenters. The number of hydrogen-bond acceptors (Lipinski definition) is 5. The Balaban J connectivity index is 2.01. The summed E-state index contributed by atoms with van der Waals surface area (Å²) in [5, 5.41) is 2.44. The van der Waals surface area contributed by atoms with Crippen molar-refractivity contribution in [1.82, 2.24) is 5.32 Å². The minimum atomic E-state index is -4.46. The van der Waals surface area contributed by atoms with Gasteiger partial charge in [-0.1, -0.05) is 0 Å². The third-order valence-corrected chi connectivity index (χ3v) is 3.38.